The number of hydrogen-bond donors (Lipinski definition) is 1. The predicted molar refractivity (Wildman–Crippen MR) is 85.7 cm³/mol. The van der Waals surface area contributed by atoms with E-state index in [0.29, 0.717) is 16.3 Å². The average molecular weight is 333 g/mol. The van der Waals surface area contributed by atoms with Gasteiger partial charge in [-0.3, -0.25) is 4.79 Å². The molecule has 1 N–H and O–H groups in total. The van der Waals surface area contributed by atoms with E-state index in [1.54, 1.807) is 45.4 Å². The second-order valence-corrected chi connectivity index (χ2v) is 7.06. The van der Waals surface area contributed by atoms with Crippen LogP contribution in [0.5, 0.6) is 0 Å². The number of nitrogens with zero attached hydrogens (tertiary/aromatic N) is 2. The highest BCUT2D eigenvalue weighted by Crippen LogP contribution is 2.25. The minimum absolute atomic E-state index is 0.130. The number of carbonyl (C=O) groups is 2. The number of carboxylic acid groups (broad SMARTS) is 1. The molecule has 1 unspecified atom stereocenters. The zero-order valence-corrected chi connectivity index (χ0v) is 14.1. The number of thioether (sulfide) groups is 1. The van der Waals surface area contributed by atoms with Crippen molar-refractivity contribution in [1.29, 1.82) is 0 Å². The van der Waals surface area contributed by atoms with Gasteiger partial charge in [-0.05, 0) is 11.8 Å². The molecular weight excluding hydrogens is 314 g/mol. The van der Waals surface area contributed by atoms with Crippen LogP contribution in [0.15, 0.2) is 41.7 Å². The van der Waals surface area contributed by atoms with Crippen LogP contribution in [0.4, 0.5) is 0 Å². The summed E-state index contributed by atoms with van der Waals surface area (Å²) >= 11 is 0.993. The number of rotatable bonds is 6. The number of quaternary nitrogens is 1. The Kier molecular flexibility index (Phi) is 5.23. The van der Waals surface area contributed by atoms with Crippen LogP contribution >= 0.6 is 11.8 Å². The van der Waals surface area contributed by atoms with Crippen LogP contribution in [0.3, 0.4) is 0 Å². The van der Waals surface area contributed by atoms with Gasteiger partial charge in [-0.25, -0.2) is 4.98 Å². The monoisotopic (exact) mass is 333 g/mol. The van der Waals surface area contributed by atoms with Gasteiger partial charge in [0.1, 0.15) is 11.1 Å². The topological polar surface area (TPSA) is 85.9 Å². The lowest BCUT2D eigenvalue weighted by Gasteiger charge is -2.34. The van der Waals surface area contributed by atoms with Crippen LogP contribution in [0, 0.1) is 0 Å². The fourth-order valence-electron chi connectivity index (χ4n) is 2.13. The van der Waals surface area contributed by atoms with E-state index in [1.165, 1.54) is 6.33 Å². The van der Waals surface area contributed by atoms with E-state index in [1.807, 2.05) is 6.07 Å². The molecule has 0 amide bonds. The van der Waals surface area contributed by atoms with Crippen LogP contribution in [-0.4, -0.2) is 52.7 Å². The molecule has 1 atom stereocenters. The number of carboxylic acids is 1. The number of hydrogen-bond acceptors (Lipinski definition) is 5. The zero-order valence-electron chi connectivity index (χ0n) is 13.3. The highest BCUT2D eigenvalue weighted by Gasteiger charge is 2.28. The van der Waals surface area contributed by atoms with Crippen molar-refractivity contribution >= 4 is 22.8 Å². The van der Waals surface area contributed by atoms with Crippen LogP contribution in [-0.2, 0) is 11.2 Å². The van der Waals surface area contributed by atoms with Crippen molar-refractivity contribution < 1.29 is 19.2 Å². The molecular formula is C16H19N3O3S. The molecule has 23 heavy (non-hydrogen) atoms. The third kappa shape index (κ3) is 4.43. The summed E-state index contributed by atoms with van der Waals surface area (Å²) < 4.78 is 0.220. The minimum atomic E-state index is -1.13. The zero-order chi connectivity index (χ0) is 17.0. The van der Waals surface area contributed by atoms with Gasteiger partial charge in [0.25, 0.3) is 0 Å². The van der Waals surface area contributed by atoms with E-state index in [2.05, 4.69) is 9.97 Å². The summed E-state index contributed by atoms with van der Waals surface area (Å²) in [5, 5.41) is 11.8. The van der Waals surface area contributed by atoms with Gasteiger partial charge >= 0.3 is 0 Å². The molecule has 2 rings (SSSR count). The molecule has 1 aromatic heterocycles. The molecule has 0 saturated carbocycles. The van der Waals surface area contributed by atoms with Gasteiger partial charge in [0.05, 0.1) is 39.1 Å². The molecule has 0 aliphatic carbocycles. The van der Waals surface area contributed by atoms with E-state index in [4.69, 9.17) is 0 Å². The van der Waals surface area contributed by atoms with Crippen molar-refractivity contribution in [3.8, 4) is 0 Å². The summed E-state index contributed by atoms with van der Waals surface area (Å²) in [4.78, 5) is 30.7. The Morgan fingerprint density at radius 1 is 1.26 bits per heavy atom. The highest BCUT2D eigenvalue weighted by molar-refractivity contribution is 8.14. The molecule has 6 nitrogen and oxygen atoms in total. The summed E-state index contributed by atoms with van der Waals surface area (Å²) in [5.74, 6) is -1.13. The Morgan fingerprint density at radius 2 is 1.91 bits per heavy atom. The molecule has 1 heterocycles. The van der Waals surface area contributed by atoms with E-state index in [0.717, 1.165) is 11.8 Å². The van der Waals surface area contributed by atoms with Gasteiger partial charge in [0, 0.05) is 12.0 Å². The number of benzene rings is 1. The number of imidazole rings is 1. The molecule has 0 aliphatic rings. The molecule has 0 radical (unpaired) electrons. The molecule has 0 aliphatic heterocycles. The molecule has 2 aromatic rings. The maximum absolute atomic E-state index is 12.3. The summed E-state index contributed by atoms with van der Waals surface area (Å²) in [5.41, 5.74) is 1.20. The Labute approximate surface area is 139 Å². The van der Waals surface area contributed by atoms with Crippen molar-refractivity contribution in [1.82, 2.24) is 9.97 Å². The van der Waals surface area contributed by atoms with Crippen LogP contribution in [0.1, 0.15) is 16.1 Å². The second-order valence-electron chi connectivity index (χ2n) is 6.10. The van der Waals surface area contributed by atoms with Crippen molar-refractivity contribution in [2.24, 2.45) is 0 Å². The SMILES string of the molecule is C[N+](C)(C)C(Cc1[nH]cnc1SC(=O)c1ccccc1)C(=O)[O-]. The lowest BCUT2D eigenvalue weighted by molar-refractivity contribution is -0.889. The van der Waals surface area contributed by atoms with E-state index >= 15 is 0 Å². The second kappa shape index (κ2) is 6.97. The predicted octanol–water partition coefficient (Wildman–Crippen LogP) is 0.709. The van der Waals surface area contributed by atoms with Crippen molar-refractivity contribution in [3.63, 3.8) is 0 Å². The minimum Gasteiger partial charge on any atom is -0.544 e. The number of aromatic nitrogens is 2. The average Bonchev–Trinajstić information content (AvgIpc) is 2.91. The van der Waals surface area contributed by atoms with Gasteiger partial charge in [-0.2, -0.15) is 0 Å². The Balaban J connectivity index is 2.16. The standard InChI is InChI=1S/C16H19N3O3S/c1-19(2,3)13(15(20)21)9-12-14(18-10-17-12)23-16(22)11-7-5-4-6-8-11/h4-8,10,13H,9H2,1-3H3,(H-,17,18,20,21). The molecule has 0 fully saturated rings. The van der Waals surface area contributed by atoms with Crippen molar-refractivity contribution in [2.75, 3.05) is 21.1 Å². The molecule has 0 saturated heterocycles. The fourth-order valence-corrected chi connectivity index (χ4v) is 2.93. The van der Waals surface area contributed by atoms with Gasteiger partial charge in [0.15, 0.2) is 0 Å². The summed E-state index contributed by atoms with van der Waals surface area (Å²) in [6.07, 6.45) is 1.69. The number of nitrogens with one attached hydrogen (secondary N) is 1. The van der Waals surface area contributed by atoms with Gasteiger partial charge in [-0.1, -0.05) is 30.3 Å². The lowest BCUT2D eigenvalue weighted by Crippen LogP contribution is -2.56. The summed E-state index contributed by atoms with van der Waals surface area (Å²) in [7, 11) is 5.37. The lowest BCUT2D eigenvalue weighted by atomic mass is 10.1. The first kappa shape index (κ1) is 17.2. The third-order valence-corrected chi connectivity index (χ3v) is 4.45. The normalized spacial score (nSPS) is 12.8. The van der Waals surface area contributed by atoms with E-state index < -0.39 is 12.0 Å². The number of carbonyl (C=O) groups excluding carboxylic acids is 2. The Morgan fingerprint density at radius 3 is 2.48 bits per heavy atom. The first-order chi connectivity index (χ1) is 10.8. The fraction of sp³-hybridized carbons (Fsp3) is 0.312. The molecule has 122 valence electrons. The van der Waals surface area contributed by atoms with Crippen molar-refractivity contribution in [2.45, 2.75) is 17.5 Å². The van der Waals surface area contributed by atoms with Crippen LogP contribution < -0.4 is 5.11 Å². The van der Waals surface area contributed by atoms with Gasteiger partial charge in [0.2, 0.25) is 5.12 Å². The maximum atomic E-state index is 12.3. The largest absolute Gasteiger partial charge is 0.544 e. The first-order valence-corrected chi connectivity index (χ1v) is 7.92. The Bertz CT molecular complexity index is 692. The van der Waals surface area contributed by atoms with E-state index in [-0.39, 0.29) is 16.0 Å². The third-order valence-electron chi connectivity index (χ3n) is 3.48. The smallest absolute Gasteiger partial charge is 0.225 e. The molecule has 1 aromatic carbocycles. The number of likely N-dealkylation sites (N-methyl/N-ethyl adjacent to an activating group) is 1. The van der Waals surface area contributed by atoms with Crippen molar-refractivity contribution in [3.05, 3.63) is 47.9 Å². The van der Waals surface area contributed by atoms with Gasteiger partial charge < -0.3 is 19.4 Å². The number of aromatic amines is 1. The van der Waals surface area contributed by atoms with Crippen LogP contribution in [0.25, 0.3) is 0 Å². The summed E-state index contributed by atoms with van der Waals surface area (Å²) in [6.45, 7) is 0. The first-order valence-electron chi connectivity index (χ1n) is 7.10. The highest BCUT2D eigenvalue weighted by atomic mass is 32.2. The van der Waals surface area contributed by atoms with E-state index in [9.17, 15) is 14.7 Å². The number of aliphatic carboxylic acids is 1. The molecule has 7 heteroatoms. The number of H-pyrrole nitrogens is 1. The quantitative estimate of drug-likeness (QED) is 0.621. The van der Waals surface area contributed by atoms with Crippen LogP contribution in [0.2, 0.25) is 0 Å². The summed E-state index contributed by atoms with van der Waals surface area (Å²) in [6, 6.07) is 8.16. The molecule has 0 spiro atoms. The molecule has 0 bridgehead atoms. The maximum Gasteiger partial charge on any atom is 0.225 e. The Hall–Kier alpha value is -2.12. The van der Waals surface area contributed by atoms with Gasteiger partial charge in [-0.15, -0.1) is 0 Å².